The van der Waals surface area contributed by atoms with Crippen molar-refractivity contribution in [3.05, 3.63) is 0 Å². The Kier molecular flexibility index (Phi) is 6.60. The summed E-state index contributed by atoms with van der Waals surface area (Å²) in [7, 11) is 0. The Labute approximate surface area is 194 Å². The lowest BCUT2D eigenvalue weighted by atomic mass is 9.42. The molecule has 32 heavy (non-hydrogen) atoms. The highest BCUT2D eigenvalue weighted by molar-refractivity contribution is 5.20. The first-order chi connectivity index (χ1) is 14.8. The first-order valence-electron chi connectivity index (χ1n) is 13.3. The SMILES string of the molecule is CC(C)[C@@H](O)CC[C@@H](C)[C@H]1C[C@@H](O)C2[C@]3(O)C[C@H](O)C4C[C@@H](O)CC[C@]4(C)C3CC[C@@]21C. The van der Waals surface area contributed by atoms with Gasteiger partial charge in [0.25, 0.3) is 0 Å². The summed E-state index contributed by atoms with van der Waals surface area (Å²) in [4.78, 5) is 0. The number of fused-ring (bicyclic) bond motifs is 5. The number of hydrogen-bond acceptors (Lipinski definition) is 5. The quantitative estimate of drug-likeness (QED) is 0.440. The van der Waals surface area contributed by atoms with Crippen molar-refractivity contribution in [1.29, 1.82) is 0 Å². The van der Waals surface area contributed by atoms with Gasteiger partial charge in [0, 0.05) is 12.3 Å². The lowest BCUT2D eigenvalue weighted by Crippen LogP contribution is -2.68. The van der Waals surface area contributed by atoms with Crippen LogP contribution in [0.15, 0.2) is 0 Å². The second-order valence-corrected chi connectivity index (χ2v) is 13.2. The van der Waals surface area contributed by atoms with Crippen LogP contribution in [0.25, 0.3) is 0 Å². The van der Waals surface area contributed by atoms with Crippen LogP contribution in [0.5, 0.6) is 0 Å². The van der Waals surface area contributed by atoms with E-state index in [0.717, 1.165) is 38.5 Å². The molecule has 0 aromatic carbocycles. The average Bonchev–Trinajstić information content (AvgIpc) is 2.98. The molecule has 4 rings (SSSR count). The van der Waals surface area contributed by atoms with Crippen LogP contribution in [0.1, 0.15) is 92.4 Å². The monoisotopic (exact) mass is 452 g/mol. The molecule has 4 aliphatic carbocycles. The van der Waals surface area contributed by atoms with E-state index in [1.54, 1.807) is 0 Å². The maximum absolute atomic E-state index is 12.3. The zero-order valence-corrected chi connectivity index (χ0v) is 20.9. The topological polar surface area (TPSA) is 101 Å². The van der Waals surface area contributed by atoms with E-state index in [0.29, 0.717) is 31.1 Å². The van der Waals surface area contributed by atoms with E-state index in [-0.39, 0.29) is 46.7 Å². The van der Waals surface area contributed by atoms with Crippen LogP contribution < -0.4 is 0 Å². The molecule has 3 unspecified atom stereocenters. The summed E-state index contributed by atoms with van der Waals surface area (Å²) < 4.78 is 0. The summed E-state index contributed by atoms with van der Waals surface area (Å²) in [5.41, 5.74) is -1.42. The van der Waals surface area contributed by atoms with Gasteiger partial charge in [0.15, 0.2) is 0 Å². The van der Waals surface area contributed by atoms with Gasteiger partial charge in [0.1, 0.15) is 0 Å². The van der Waals surface area contributed by atoms with E-state index in [1.165, 1.54) is 0 Å². The normalized spacial score (nSPS) is 52.8. The molecule has 186 valence electrons. The van der Waals surface area contributed by atoms with E-state index in [9.17, 15) is 25.5 Å². The lowest BCUT2D eigenvalue weighted by Gasteiger charge is -2.66. The van der Waals surface area contributed by atoms with Crippen molar-refractivity contribution in [3.8, 4) is 0 Å². The van der Waals surface area contributed by atoms with Gasteiger partial charge in [-0.2, -0.15) is 0 Å². The van der Waals surface area contributed by atoms with Crippen molar-refractivity contribution >= 4 is 0 Å². The average molecular weight is 453 g/mol. The fourth-order valence-electron chi connectivity index (χ4n) is 9.37. The predicted octanol–water partition coefficient (Wildman–Crippen LogP) is 3.50. The molecular weight excluding hydrogens is 404 g/mol. The number of rotatable bonds is 5. The van der Waals surface area contributed by atoms with E-state index in [1.807, 2.05) is 0 Å². The fourth-order valence-corrected chi connectivity index (χ4v) is 9.37. The molecule has 0 bridgehead atoms. The van der Waals surface area contributed by atoms with Gasteiger partial charge in [-0.05, 0) is 91.8 Å². The second-order valence-electron chi connectivity index (χ2n) is 13.2. The summed E-state index contributed by atoms with van der Waals surface area (Å²) in [6.45, 7) is 10.8. The van der Waals surface area contributed by atoms with Gasteiger partial charge in [0.05, 0.1) is 30.0 Å². The van der Waals surface area contributed by atoms with Gasteiger partial charge >= 0.3 is 0 Å². The van der Waals surface area contributed by atoms with Gasteiger partial charge in [-0.3, -0.25) is 0 Å². The van der Waals surface area contributed by atoms with Crippen LogP contribution in [-0.4, -0.2) is 55.5 Å². The molecule has 0 spiro atoms. The first-order valence-corrected chi connectivity index (χ1v) is 13.3. The number of aliphatic hydroxyl groups excluding tert-OH is 4. The summed E-state index contributed by atoms with van der Waals surface area (Å²) in [5.74, 6) is 0.780. The van der Waals surface area contributed by atoms with Crippen molar-refractivity contribution in [2.24, 2.45) is 46.3 Å². The minimum atomic E-state index is -1.06. The number of hydrogen-bond donors (Lipinski definition) is 5. The Bertz CT molecular complexity index is 683. The van der Waals surface area contributed by atoms with E-state index in [2.05, 4.69) is 34.6 Å². The standard InChI is InChI=1S/C27H48O5/c1-15(2)20(29)7-6-16(3)18-13-21(30)24-26(18,5)11-9-23-25(4)10-8-17(28)12-19(25)22(31)14-27(23,24)32/h15-24,28-32H,6-14H2,1-5H3/t16-,17+,18-,19?,20+,21-,22+,23?,24?,25+,26-,27+/m1/s1. The maximum atomic E-state index is 12.3. The summed E-state index contributed by atoms with van der Waals surface area (Å²) in [6.07, 6.45) is 4.97. The molecule has 5 heteroatoms. The third kappa shape index (κ3) is 3.69. The van der Waals surface area contributed by atoms with E-state index < -0.39 is 17.8 Å². The molecule has 0 heterocycles. The number of aliphatic hydroxyl groups is 5. The zero-order valence-electron chi connectivity index (χ0n) is 20.9. The van der Waals surface area contributed by atoms with Gasteiger partial charge < -0.3 is 25.5 Å². The van der Waals surface area contributed by atoms with E-state index in [4.69, 9.17) is 0 Å². The van der Waals surface area contributed by atoms with E-state index >= 15 is 0 Å². The third-order valence-electron chi connectivity index (χ3n) is 11.1. The van der Waals surface area contributed by atoms with Crippen molar-refractivity contribution < 1.29 is 25.5 Å². The molecule has 0 saturated heterocycles. The molecule has 0 aliphatic heterocycles. The largest absolute Gasteiger partial charge is 0.393 e. The first kappa shape index (κ1) is 24.9. The van der Waals surface area contributed by atoms with Crippen LogP contribution in [0.2, 0.25) is 0 Å². The van der Waals surface area contributed by atoms with Crippen molar-refractivity contribution in [2.75, 3.05) is 0 Å². The second kappa shape index (κ2) is 8.48. The van der Waals surface area contributed by atoms with Gasteiger partial charge in [0.2, 0.25) is 0 Å². The Morgan fingerprint density at radius 3 is 2.19 bits per heavy atom. The molecule has 5 N–H and O–H groups in total. The van der Waals surface area contributed by atoms with Gasteiger partial charge in [-0.25, -0.2) is 0 Å². The van der Waals surface area contributed by atoms with Gasteiger partial charge in [-0.15, -0.1) is 0 Å². The van der Waals surface area contributed by atoms with Crippen LogP contribution in [-0.2, 0) is 0 Å². The Morgan fingerprint density at radius 2 is 1.53 bits per heavy atom. The molecule has 4 fully saturated rings. The Hall–Kier alpha value is -0.200. The molecule has 4 saturated carbocycles. The van der Waals surface area contributed by atoms with Crippen molar-refractivity contribution in [3.63, 3.8) is 0 Å². The highest BCUT2D eigenvalue weighted by Gasteiger charge is 2.70. The third-order valence-corrected chi connectivity index (χ3v) is 11.1. The van der Waals surface area contributed by atoms with Crippen molar-refractivity contribution in [1.82, 2.24) is 0 Å². The minimum Gasteiger partial charge on any atom is -0.393 e. The van der Waals surface area contributed by atoms with Crippen LogP contribution in [0.4, 0.5) is 0 Å². The molecule has 0 amide bonds. The van der Waals surface area contributed by atoms with Crippen LogP contribution in [0.3, 0.4) is 0 Å². The van der Waals surface area contributed by atoms with Gasteiger partial charge in [-0.1, -0.05) is 34.6 Å². The van der Waals surface area contributed by atoms with Crippen LogP contribution in [0, 0.1) is 46.3 Å². The summed E-state index contributed by atoms with van der Waals surface area (Å²) in [6, 6.07) is 0. The highest BCUT2D eigenvalue weighted by Crippen LogP contribution is 2.69. The molecule has 0 radical (unpaired) electrons. The molecule has 5 nitrogen and oxygen atoms in total. The Morgan fingerprint density at radius 1 is 0.875 bits per heavy atom. The smallest absolute Gasteiger partial charge is 0.0763 e. The highest BCUT2D eigenvalue weighted by atomic mass is 16.3. The molecule has 0 aromatic rings. The fraction of sp³-hybridized carbons (Fsp3) is 1.00. The zero-order chi connectivity index (χ0) is 23.6. The molecule has 4 aliphatic rings. The molecular formula is C27H48O5. The van der Waals surface area contributed by atoms with Crippen LogP contribution >= 0.6 is 0 Å². The maximum Gasteiger partial charge on any atom is 0.0763 e. The van der Waals surface area contributed by atoms with Crippen molar-refractivity contribution in [2.45, 2.75) is 122 Å². The minimum absolute atomic E-state index is 0.0201. The molecule has 12 atom stereocenters. The summed E-state index contributed by atoms with van der Waals surface area (Å²) >= 11 is 0. The lowest BCUT2D eigenvalue weighted by molar-refractivity contribution is -0.263. The molecule has 0 aromatic heterocycles. The predicted molar refractivity (Wildman–Crippen MR) is 125 cm³/mol. The summed E-state index contributed by atoms with van der Waals surface area (Å²) in [5, 5.41) is 55.4. The Balaban J connectivity index is 1.59.